The van der Waals surface area contributed by atoms with Gasteiger partial charge in [-0.25, -0.2) is 9.97 Å². The molecule has 2 aromatic rings. The largest absolute Gasteiger partial charge is 0.365 e. The molecule has 1 N–H and O–H groups in total. The molecule has 0 aromatic carbocycles. The summed E-state index contributed by atoms with van der Waals surface area (Å²) in [5.41, 5.74) is 1.06. The molecule has 0 saturated carbocycles. The minimum atomic E-state index is 0.745. The molecular formula is C9H9BrN4S. The second-order valence-corrected chi connectivity index (χ2v) is 4.72. The molecule has 15 heavy (non-hydrogen) atoms. The van der Waals surface area contributed by atoms with Crippen molar-refractivity contribution < 1.29 is 0 Å². The summed E-state index contributed by atoms with van der Waals surface area (Å²) in [6.45, 7) is 2.73. The van der Waals surface area contributed by atoms with Crippen molar-refractivity contribution >= 4 is 33.3 Å². The number of nitrogens with one attached hydrogen (secondary N) is 1. The number of hydrogen-bond acceptors (Lipinski definition) is 5. The monoisotopic (exact) mass is 284 g/mol. The summed E-state index contributed by atoms with van der Waals surface area (Å²) < 4.78 is 4.98. The maximum absolute atomic E-state index is 4.21. The van der Waals surface area contributed by atoms with Crippen molar-refractivity contribution in [1.29, 1.82) is 0 Å². The molecule has 78 valence electrons. The van der Waals surface area contributed by atoms with E-state index < -0.39 is 0 Å². The third kappa shape index (κ3) is 2.97. The van der Waals surface area contributed by atoms with Gasteiger partial charge in [0.15, 0.2) is 0 Å². The summed E-state index contributed by atoms with van der Waals surface area (Å²) in [5, 5.41) is 3.20. The van der Waals surface area contributed by atoms with Gasteiger partial charge in [0.05, 0.1) is 12.2 Å². The van der Waals surface area contributed by atoms with Crippen molar-refractivity contribution in [2.24, 2.45) is 0 Å². The number of aromatic nitrogens is 3. The highest BCUT2D eigenvalue weighted by atomic mass is 79.9. The van der Waals surface area contributed by atoms with Crippen molar-refractivity contribution in [3.05, 3.63) is 33.6 Å². The van der Waals surface area contributed by atoms with E-state index in [4.69, 9.17) is 0 Å². The lowest BCUT2D eigenvalue weighted by Gasteiger charge is -2.02. The Morgan fingerprint density at radius 1 is 1.40 bits per heavy atom. The minimum absolute atomic E-state index is 0.745. The normalized spacial score (nSPS) is 10.3. The van der Waals surface area contributed by atoms with E-state index in [-0.39, 0.29) is 0 Å². The topological polar surface area (TPSA) is 50.7 Å². The summed E-state index contributed by atoms with van der Waals surface area (Å²) >= 11 is 4.80. The zero-order chi connectivity index (χ0) is 10.7. The van der Waals surface area contributed by atoms with Gasteiger partial charge in [-0.05, 0) is 40.5 Å². The minimum Gasteiger partial charge on any atom is -0.365 e. The van der Waals surface area contributed by atoms with Crippen LogP contribution in [0.25, 0.3) is 0 Å². The van der Waals surface area contributed by atoms with Crippen molar-refractivity contribution in [2.45, 2.75) is 13.5 Å². The van der Waals surface area contributed by atoms with E-state index >= 15 is 0 Å². The standard InChI is InChI=1S/C9H9BrN4S/c1-6-2-7(15-14-6)4-11-9-3-8(10)12-5-13-9/h2-3,5H,4H2,1H3,(H,11,12,13). The lowest BCUT2D eigenvalue weighted by atomic mass is 10.4. The third-order valence-corrected chi connectivity index (χ3v) is 3.06. The van der Waals surface area contributed by atoms with E-state index in [9.17, 15) is 0 Å². The number of halogens is 1. The van der Waals surface area contributed by atoms with Crippen LogP contribution in [0.5, 0.6) is 0 Å². The Kier molecular flexibility index (Phi) is 3.27. The van der Waals surface area contributed by atoms with Gasteiger partial charge in [0.2, 0.25) is 0 Å². The van der Waals surface area contributed by atoms with Gasteiger partial charge in [-0.2, -0.15) is 4.37 Å². The number of rotatable bonds is 3. The number of aryl methyl sites for hydroxylation is 1. The maximum atomic E-state index is 4.21. The molecule has 2 heterocycles. The van der Waals surface area contributed by atoms with Crippen molar-refractivity contribution in [1.82, 2.24) is 14.3 Å². The van der Waals surface area contributed by atoms with Gasteiger partial charge in [0, 0.05) is 10.9 Å². The second kappa shape index (κ2) is 4.67. The van der Waals surface area contributed by atoms with E-state index in [2.05, 4.69) is 41.7 Å². The fraction of sp³-hybridized carbons (Fsp3) is 0.222. The van der Waals surface area contributed by atoms with Gasteiger partial charge in [0.1, 0.15) is 16.7 Å². The Hall–Kier alpha value is -1.01. The lowest BCUT2D eigenvalue weighted by Crippen LogP contribution is -1.99. The Bertz CT molecular complexity index is 457. The van der Waals surface area contributed by atoms with E-state index in [1.807, 2.05) is 13.0 Å². The zero-order valence-corrected chi connectivity index (χ0v) is 10.5. The van der Waals surface area contributed by atoms with E-state index in [1.165, 1.54) is 22.7 Å². The van der Waals surface area contributed by atoms with Crippen LogP contribution in [0.2, 0.25) is 0 Å². The first-order valence-corrected chi connectivity index (χ1v) is 5.94. The first-order chi connectivity index (χ1) is 7.24. The first-order valence-electron chi connectivity index (χ1n) is 4.37. The lowest BCUT2D eigenvalue weighted by molar-refractivity contribution is 1.08. The molecule has 6 heteroatoms. The molecule has 0 aliphatic rings. The molecule has 0 aliphatic carbocycles. The van der Waals surface area contributed by atoms with Crippen LogP contribution in [0.4, 0.5) is 5.82 Å². The van der Waals surface area contributed by atoms with Gasteiger partial charge in [0.25, 0.3) is 0 Å². The Morgan fingerprint density at radius 3 is 2.93 bits per heavy atom. The summed E-state index contributed by atoms with van der Waals surface area (Å²) in [7, 11) is 0. The van der Waals surface area contributed by atoms with E-state index in [1.54, 1.807) is 0 Å². The maximum Gasteiger partial charge on any atom is 0.130 e. The van der Waals surface area contributed by atoms with Crippen molar-refractivity contribution in [2.75, 3.05) is 5.32 Å². The van der Waals surface area contributed by atoms with Gasteiger partial charge < -0.3 is 5.32 Å². The van der Waals surface area contributed by atoms with Gasteiger partial charge in [-0.15, -0.1) is 0 Å². The van der Waals surface area contributed by atoms with Crippen LogP contribution >= 0.6 is 27.5 Å². The average molecular weight is 285 g/mol. The fourth-order valence-corrected chi connectivity index (χ4v) is 2.09. The van der Waals surface area contributed by atoms with Crippen LogP contribution in [0.15, 0.2) is 23.1 Å². The highest BCUT2D eigenvalue weighted by Crippen LogP contribution is 2.13. The summed E-state index contributed by atoms with van der Waals surface area (Å²) in [5.74, 6) is 0.808. The highest BCUT2D eigenvalue weighted by Gasteiger charge is 1.99. The molecule has 0 unspecified atom stereocenters. The molecule has 0 atom stereocenters. The molecule has 0 amide bonds. The average Bonchev–Trinajstić information content (AvgIpc) is 2.62. The number of anilines is 1. The predicted molar refractivity (Wildman–Crippen MR) is 63.9 cm³/mol. The third-order valence-electron chi connectivity index (χ3n) is 1.75. The van der Waals surface area contributed by atoms with Crippen LogP contribution in [-0.2, 0) is 6.54 Å². The van der Waals surface area contributed by atoms with Crippen molar-refractivity contribution in [3.63, 3.8) is 0 Å². The molecule has 0 aliphatic heterocycles. The predicted octanol–water partition coefficient (Wildman–Crippen LogP) is 2.62. The smallest absolute Gasteiger partial charge is 0.130 e. The summed E-state index contributed by atoms with van der Waals surface area (Å²) in [6.07, 6.45) is 1.52. The van der Waals surface area contributed by atoms with Gasteiger partial charge >= 0.3 is 0 Å². The summed E-state index contributed by atoms with van der Waals surface area (Å²) in [4.78, 5) is 9.24. The molecule has 0 saturated heterocycles. The summed E-state index contributed by atoms with van der Waals surface area (Å²) in [6, 6.07) is 3.90. The molecule has 0 fully saturated rings. The zero-order valence-electron chi connectivity index (χ0n) is 8.07. The van der Waals surface area contributed by atoms with E-state index in [0.717, 1.165) is 22.7 Å². The molecule has 4 nitrogen and oxygen atoms in total. The fourth-order valence-electron chi connectivity index (χ4n) is 1.11. The molecular weight excluding hydrogens is 276 g/mol. The Morgan fingerprint density at radius 2 is 2.27 bits per heavy atom. The van der Waals surface area contributed by atoms with E-state index in [0.29, 0.717) is 0 Å². The second-order valence-electron chi connectivity index (χ2n) is 3.01. The van der Waals surface area contributed by atoms with Crippen molar-refractivity contribution in [3.8, 4) is 0 Å². The number of nitrogens with zero attached hydrogens (tertiary/aromatic N) is 3. The highest BCUT2D eigenvalue weighted by molar-refractivity contribution is 9.10. The molecule has 2 aromatic heterocycles. The van der Waals surface area contributed by atoms with Crippen LogP contribution < -0.4 is 5.32 Å². The SMILES string of the molecule is Cc1cc(CNc2cc(Br)ncn2)sn1. The Balaban J connectivity index is 1.99. The molecule has 2 rings (SSSR count). The molecule has 0 spiro atoms. The van der Waals surface area contributed by atoms with Gasteiger partial charge in [-0.1, -0.05) is 0 Å². The van der Waals surface area contributed by atoms with Crippen LogP contribution in [0.3, 0.4) is 0 Å². The molecule has 0 radical (unpaired) electrons. The van der Waals surface area contributed by atoms with Crippen LogP contribution in [0.1, 0.15) is 10.6 Å². The Labute approximate surface area is 100 Å². The number of hydrogen-bond donors (Lipinski definition) is 1. The molecule has 0 bridgehead atoms. The quantitative estimate of drug-likeness (QED) is 0.881. The first kappa shape index (κ1) is 10.5. The van der Waals surface area contributed by atoms with Crippen LogP contribution in [0, 0.1) is 6.92 Å². The van der Waals surface area contributed by atoms with Crippen LogP contribution in [-0.4, -0.2) is 14.3 Å². The van der Waals surface area contributed by atoms with Gasteiger partial charge in [-0.3, -0.25) is 0 Å².